The van der Waals surface area contributed by atoms with E-state index in [0.717, 1.165) is 41.8 Å². The molecule has 2 aliphatic heterocycles. The number of carbonyl (C=O) groups is 2. The number of aliphatic hydroxyl groups excluding tert-OH is 2. The van der Waals surface area contributed by atoms with Crippen LogP contribution >= 0.6 is 0 Å². The number of nitrogens with zero attached hydrogens (tertiary/aromatic N) is 1. The fourth-order valence-electron chi connectivity index (χ4n) is 4.94. The maximum Gasteiger partial charge on any atom is 0.303 e. The molecule has 4 atom stereocenters. The van der Waals surface area contributed by atoms with Crippen molar-refractivity contribution >= 4 is 11.9 Å². The number of nitrogens with one attached hydrogen (secondary N) is 1. The first-order valence-electron chi connectivity index (χ1n) is 13.4. The number of β-amino-alcohol motifs (C(OH)–C–C–N with tert-alkyl or cyclic N) is 1. The third kappa shape index (κ3) is 8.34. The fourth-order valence-corrected chi connectivity index (χ4v) is 4.94. The minimum Gasteiger partial charge on any atom is -0.481 e. The number of amides is 1. The minimum absolute atomic E-state index is 0.00498. The monoisotopic (exact) mass is 526 g/mol. The number of aliphatic carboxylic acids is 1. The van der Waals surface area contributed by atoms with Gasteiger partial charge in [0.05, 0.1) is 24.9 Å². The van der Waals surface area contributed by atoms with Crippen molar-refractivity contribution in [2.24, 2.45) is 0 Å². The van der Waals surface area contributed by atoms with Crippen LogP contribution in [0.2, 0.25) is 0 Å². The van der Waals surface area contributed by atoms with Gasteiger partial charge in [-0.1, -0.05) is 48.5 Å². The number of ether oxygens (including phenoxy) is 2. The number of carboxylic acid groups (broad SMARTS) is 1. The summed E-state index contributed by atoms with van der Waals surface area (Å²) in [5.74, 6) is -0.938. The first-order chi connectivity index (χ1) is 18.4. The average Bonchev–Trinajstić information content (AvgIpc) is 3.34. The molecule has 0 spiro atoms. The number of carbonyl (C=O) groups excluding carboxylic acids is 1. The molecule has 0 saturated carbocycles. The summed E-state index contributed by atoms with van der Waals surface area (Å²) in [6.45, 7) is 2.61. The highest BCUT2D eigenvalue weighted by atomic mass is 16.7. The van der Waals surface area contributed by atoms with Crippen molar-refractivity contribution in [2.75, 3.05) is 19.6 Å². The van der Waals surface area contributed by atoms with Crippen molar-refractivity contribution in [3.05, 3.63) is 70.8 Å². The van der Waals surface area contributed by atoms with Gasteiger partial charge in [0.1, 0.15) is 0 Å². The summed E-state index contributed by atoms with van der Waals surface area (Å²) in [5.41, 5.74) is 3.71. The molecule has 2 fully saturated rings. The van der Waals surface area contributed by atoms with Gasteiger partial charge in [-0.25, -0.2) is 0 Å². The Balaban J connectivity index is 1.36. The van der Waals surface area contributed by atoms with Crippen LogP contribution in [0.4, 0.5) is 0 Å². The van der Waals surface area contributed by atoms with Crippen LogP contribution in [0, 0.1) is 0 Å². The zero-order valence-electron chi connectivity index (χ0n) is 21.6. The van der Waals surface area contributed by atoms with Crippen LogP contribution in [-0.4, -0.2) is 63.9 Å². The fraction of sp³-hybridized carbons (Fsp3) is 0.517. The van der Waals surface area contributed by atoms with E-state index < -0.39 is 12.3 Å². The highest BCUT2D eigenvalue weighted by molar-refractivity contribution is 5.75. The molecule has 2 aliphatic rings. The summed E-state index contributed by atoms with van der Waals surface area (Å²) in [7, 11) is 0. The largest absolute Gasteiger partial charge is 0.481 e. The smallest absolute Gasteiger partial charge is 0.303 e. The Morgan fingerprint density at radius 1 is 0.947 bits per heavy atom. The molecule has 4 rings (SSSR count). The molecule has 0 aromatic heterocycles. The molecule has 0 unspecified atom stereocenters. The van der Waals surface area contributed by atoms with Gasteiger partial charge in [0.2, 0.25) is 5.91 Å². The summed E-state index contributed by atoms with van der Waals surface area (Å²) in [6, 6.07) is 15.6. The number of unbranched alkanes of at least 4 members (excludes halogenated alkanes) is 1. The Labute approximate surface area is 223 Å². The topological polar surface area (TPSA) is 129 Å². The molecule has 2 aromatic rings. The van der Waals surface area contributed by atoms with Crippen LogP contribution in [0.15, 0.2) is 48.5 Å². The molecule has 1 amide bonds. The molecule has 0 bridgehead atoms. The molecule has 0 radical (unpaired) electrons. The van der Waals surface area contributed by atoms with E-state index in [2.05, 4.69) is 10.2 Å². The lowest BCUT2D eigenvalue weighted by molar-refractivity contribution is -0.252. The SMILES string of the molecule is O=C(O)CCCCC(=O)NCc1ccc([C@H]2O[C@@H](CN3CC[C@H](O)C3)C[C@@H](c3ccc(CO)cc3)O2)cc1. The van der Waals surface area contributed by atoms with E-state index in [1.54, 1.807) is 0 Å². The van der Waals surface area contributed by atoms with Gasteiger partial charge < -0.3 is 30.1 Å². The minimum atomic E-state index is -0.844. The van der Waals surface area contributed by atoms with Crippen molar-refractivity contribution in [3.8, 4) is 0 Å². The number of carboxylic acids is 1. The van der Waals surface area contributed by atoms with Crippen LogP contribution in [0.5, 0.6) is 0 Å². The van der Waals surface area contributed by atoms with Gasteiger partial charge in [0.15, 0.2) is 6.29 Å². The molecule has 2 heterocycles. The van der Waals surface area contributed by atoms with E-state index in [1.807, 2.05) is 48.5 Å². The van der Waals surface area contributed by atoms with E-state index >= 15 is 0 Å². The molecule has 9 nitrogen and oxygen atoms in total. The molecule has 9 heteroatoms. The van der Waals surface area contributed by atoms with Gasteiger partial charge in [-0.2, -0.15) is 0 Å². The lowest BCUT2D eigenvalue weighted by atomic mass is 9.99. The van der Waals surface area contributed by atoms with Crippen molar-refractivity contribution in [2.45, 2.75) is 76.3 Å². The number of benzene rings is 2. The third-order valence-electron chi connectivity index (χ3n) is 7.11. The molecule has 206 valence electrons. The third-order valence-corrected chi connectivity index (χ3v) is 7.11. The maximum absolute atomic E-state index is 12.1. The molecular formula is C29H38N2O7. The van der Waals surface area contributed by atoms with Crippen molar-refractivity contribution in [1.29, 1.82) is 0 Å². The lowest BCUT2D eigenvalue weighted by Gasteiger charge is -2.37. The van der Waals surface area contributed by atoms with E-state index in [-0.39, 0.29) is 37.2 Å². The van der Waals surface area contributed by atoms with Gasteiger partial charge in [-0.3, -0.25) is 14.5 Å². The van der Waals surface area contributed by atoms with Gasteiger partial charge in [-0.15, -0.1) is 0 Å². The molecular weight excluding hydrogens is 488 g/mol. The van der Waals surface area contributed by atoms with Crippen LogP contribution in [0.25, 0.3) is 0 Å². The van der Waals surface area contributed by atoms with Crippen molar-refractivity contribution in [1.82, 2.24) is 10.2 Å². The van der Waals surface area contributed by atoms with Crippen LogP contribution < -0.4 is 5.32 Å². The van der Waals surface area contributed by atoms with E-state index in [4.69, 9.17) is 14.6 Å². The second-order valence-electron chi connectivity index (χ2n) is 10.2. The van der Waals surface area contributed by atoms with Crippen LogP contribution in [0.3, 0.4) is 0 Å². The van der Waals surface area contributed by atoms with Gasteiger partial charge >= 0.3 is 5.97 Å². The highest BCUT2D eigenvalue weighted by Crippen LogP contribution is 2.38. The predicted molar refractivity (Wildman–Crippen MR) is 140 cm³/mol. The molecule has 4 N–H and O–H groups in total. The summed E-state index contributed by atoms with van der Waals surface area (Å²) >= 11 is 0. The van der Waals surface area contributed by atoms with Crippen LogP contribution in [0.1, 0.15) is 73.2 Å². The Kier molecular flexibility index (Phi) is 10.3. The predicted octanol–water partition coefficient (Wildman–Crippen LogP) is 3.05. The zero-order valence-corrected chi connectivity index (χ0v) is 21.6. The van der Waals surface area contributed by atoms with E-state index in [1.165, 1.54) is 0 Å². The molecule has 38 heavy (non-hydrogen) atoms. The lowest BCUT2D eigenvalue weighted by Crippen LogP contribution is -2.38. The Morgan fingerprint density at radius 3 is 2.29 bits per heavy atom. The average molecular weight is 527 g/mol. The zero-order chi connectivity index (χ0) is 26.9. The van der Waals surface area contributed by atoms with Crippen LogP contribution in [-0.2, 0) is 32.2 Å². The Morgan fingerprint density at radius 2 is 1.63 bits per heavy atom. The summed E-state index contributed by atoms with van der Waals surface area (Å²) in [5, 5.41) is 30.9. The second-order valence-corrected chi connectivity index (χ2v) is 10.2. The Hall–Kier alpha value is -2.82. The number of likely N-dealkylation sites (tertiary alicyclic amines) is 1. The highest BCUT2D eigenvalue weighted by Gasteiger charge is 2.34. The van der Waals surface area contributed by atoms with E-state index in [9.17, 15) is 19.8 Å². The first-order valence-corrected chi connectivity index (χ1v) is 13.4. The van der Waals surface area contributed by atoms with Gasteiger partial charge in [0, 0.05) is 51.0 Å². The molecule has 2 aromatic carbocycles. The maximum atomic E-state index is 12.1. The summed E-state index contributed by atoms with van der Waals surface area (Å²) in [4.78, 5) is 24.9. The second kappa shape index (κ2) is 13.8. The first kappa shape index (κ1) is 28.2. The number of aliphatic hydroxyl groups is 2. The number of hydrogen-bond acceptors (Lipinski definition) is 7. The van der Waals surface area contributed by atoms with Gasteiger partial charge in [-0.05, 0) is 36.0 Å². The van der Waals surface area contributed by atoms with E-state index in [0.29, 0.717) is 38.8 Å². The van der Waals surface area contributed by atoms with Crippen molar-refractivity contribution in [3.63, 3.8) is 0 Å². The van der Waals surface area contributed by atoms with Gasteiger partial charge in [0.25, 0.3) is 0 Å². The normalized spacial score (nSPS) is 23.8. The summed E-state index contributed by atoms with van der Waals surface area (Å²) < 4.78 is 12.8. The number of hydrogen-bond donors (Lipinski definition) is 4. The molecule has 2 saturated heterocycles. The molecule has 0 aliphatic carbocycles. The number of rotatable bonds is 12. The Bertz CT molecular complexity index is 1040. The summed E-state index contributed by atoms with van der Waals surface area (Å²) in [6.07, 6.45) is 1.82. The quantitative estimate of drug-likeness (QED) is 0.311. The standard InChI is InChI=1S/C29H38N2O7/c32-19-21-7-9-22(10-8-21)26-15-25(18-31-14-13-24(33)17-31)37-29(38-26)23-11-5-20(6-12-23)16-30-27(34)3-1-2-4-28(35)36/h5-12,24-26,29,32-33H,1-4,13-19H2,(H,30,34)(H,35,36)/t24-,25+,26-,29-/m0/s1. The van der Waals surface area contributed by atoms with Crippen molar-refractivity contribution < 1.29 is 34.4 Å².